The van der Waals surface area contributed by atoms with Crippen LogP contribution >= 0.6 is 0 Å². The van der Waals surface area contributed by atoms with E-state index in [1.807, 2.05) is 17.0 Å². The monoisotopic (exact) mass is 352 g/mol. The third kappa shape index (κ3) is 4.23. The summed E-state index contributed by atoms with van der Waals surface area (Å²) in [5.74, 6) is 0.936. The number of amides is 2. The lowest BCUT2D eigenvalue weighted by Gasteiger charge is -2.31. The summed E-state index contributed by atoms with van der Waals surface area (Å²) >= 11 is 0. The van der Waals surface area contributed by atoms with Crippen LogP contribution in [0.15, 0.2) is 48.5 Å². The molecule has 0 radical (unpaired) electrons. The number of carbonyl (C=O) groups excluding carboxylic acids is 2. The summed E-state index contributed by atoms with van der Waals surface area (Å²) in [5.41, 5.74) is 1.66. The van der Waals surface area contributed by atoms with Crippen molar-refractivity contribution in [2.45, 2.75) is 19.8 Å². The number of benzene rings is 2. The van der Waals surface area contributed by atoms with E-state index in [2.05, 4.69) is 12.2 Å². The number of nitrogens with zero attached hydrogens (tertiary/aromatic N) is 1. The van der Waals surface area contributed by atoms with Gasteiger partial charge in [0.05, 0.1) is 7.11 Å². The summed E-state index contributed by atoms with van der Waals surface area (Å²) < 4.78 is 5.17. The third-order valence-corrected chi connectivity index (χ3v) is 4.64. The van der Waals surface area contributed by atoms with E-state index in [9.17, 15) is 9.59 Å². The Hall–Kier alpha value is -2.82. The molecule has 0 saturated carbocycles. The maximum absolute atomic E-state index is 12.7. The van der Waals surface area contributed by atoms with Crippen LogP contribution in [0.4, 0.5) is 5.69 Å². The molecule has 26 heavy (non-hydrogen) atoms. The Morgan fingerprint density at radius 2 is 1.88 bits per heavy atom. The summed E-state index contributed by atoms with van der Waals surface area (Å²) in [6.07, 6.45) is 2.19. The number of anilines is 1. The third-order valence-electron chi connectivity index (χ3n) is 4.64. The number of piperidine rings is 1. The predicted molar refractivity (Wildman–Crippen MR) is 102 cm³/mol. The van der Waals surface area contributed by atoms with Crippen molar-refractivity contribution in [1.82, 2.24) is 4.90 Å². The highest BCUT2D eigenvalue weighted by Gasteiger charge is 2.22. The van der Waals surface area contributed by atoms with E-state index >= 15 is 0 Å². The average Bonchev–Trinajstić information content (AvgIpc) is 2.67. The van der Waals surface area contributed by atoms with Gasteiger partial charge in [-0.05, 0) is 49.1 Å². The standard InChI is InChI=1S/C21H24N2O3/c1-15-6-5-11-23(14-15)21(25)17-8-3-7-16(12-17)20(24)22-18-9-4-10-19(13-18)26-2/h3-4,7-10,12-13,15H,5-6,11,14H2,1-2H3,(H,22,24). The smallest absolute Gasteiger partial charge is 0.255 e. The maximum Gasteiger partial charge on any atom is 0.255 e. The van der Waals surface area contributed by atoms with Crippen LogP contribution in [0, 0.1) is 5.92 Å². The van der Waals surface area contributed by atoms with Crippen molar-refractivity contribution in [2.75, 3.05) is 25.5 Å². The molecule has 5 heteroatoms. The number of rotatable bonds is 4. The molecule has 1 atom stereocenters. The van der Waals surface area contributed by atoms with Crippen LogP contribution in [0.5, 0.6) is 5.75 Å². The van der Waals surface area contributed by atoms with Crippen LogP contribution in [0.2, 0.25) is 0 Å². The maximum atomic E-state index is 12.7. The molecule has 5 nitrogen and oxygen atoms in total. The van der Waals surface area contributed by atoms with Gasteiger partial charge in [-0.1, -0.05) is 19.1 Å². The quantitative estimate of drug-likeness (QED) is 0.910. The zero-order chi connectivity index (χ0) is 18.5. The summed E-state index contributed by atoms with van der Waals surface area (Å²) in [7, 11) is 1.58. The van der Waals surface area contributed by atoms with E-state index in [-0.39, 0.29) is 11.8 Å². The van der Waals surface area contributed by atoms with Gasteiger partial charge in [-0.3, -0.25) is 9.59 Å². The zero-order valence-electron chi connectivity index (χ0n) is 15.2. The molecule has 1 N–H and O–H groups in total. The molecule has 0 bridgehead atoms. The Labute approximate surface area is 154 Å². The number of carbonyl (C=O) groups is 2. The van der Waals surface area contributed by atoms with Crippen molar-refractivity contribution >= 4 is 17.5 Å². The lowest BCUT2D eigenvalue weighted by atomic mass is 9.99. The molecule has 2 amide bonds. The molecular weight excluding hydrogens is 328 g/mol. The molecular formula is C21H24N2O3. The van der Waals surface area contributed by atoms with E-state index in [1.54, 1.807) is 43.5 Å². The van der Waals surface area contributed by atoms with Gasteiger partial charge >= 0.3 is 0 Å². The molecule has 136 valence electrons. The van der Waals surface area contributed by atoms with E-state index in [0.717, 1.165) is 25.9 Å². The zero-order valence-corrected chi connectivity index (χ0v) is 15.2. The Morgan fingerprint density at radius 3 is 2.65 bits per heavy atom. The van der Waals surface area contributed by atoms with Gasteiger partial charge in [0.2, 0.25) is 0 Å². The van der Waals surface area contributed by atoms with Gasteiger partial charge in [-0.25, -0.2) is 0 Å². The van der Waals surface area contributed by atoms with Gasteiger partial charge in [0.25, 0.3) is 11.8 Å². The van der Waals surface area contributed by atoms with Gasteiger partial charge < -0.3 is 15.0 Å². The van der Waals surface area contributed by atoms with Crippen molar-refractivity contribution in [1.29, 1.82) is 0 Å². The number of hydrogen-bond donors (Lipinski definition) is 1. The molecule has 2 aromatic carbocycles. The molecule has 1 aliphatic heterocycles. The molecule has 0 aromatic heterocycles. The molecule has 2 aromatic rings. The van der Waals surface area contributed by atoms with E-state index in [1.165, 1.54) is 0 Å². The summed E-state index contributed by atoms with van der Waals surface area (Å²) in [6.45, 7) is 3.72. The van der Waals surface area contributed by atoms with Crippen molar-refractivity contribution < 1.29 is 14.3 Å². The van der Waals surface area contributed by atoms with E-state index in [0.29, 0.717) is 28.5 Å². The SMILES string of the molecule is COc1cccc(NC(=O)c2cccc(C(=O)N3CCCC(C)C3)c2)c1. The Bertz CT molecular complexity index is 803. The normalized spacial score (nSPS) is 16.8. The highest BCUT2D eigenvalue weighted by molar-refractivity contribution is 6.06. The highest BCUT2D eigenvalue weighted by Crippen LogP contribution is 2.20. The lowest BCUT2D eigenvalue weighted by molar-refractivity contribution is 0.0683. The van der Waals surface area contributed by atoms with E-state index < -0.39 is 0 Å². The Kier molecular flexibility index (Phi) is 5.56. The number of hydrogen-bond acceptors (Lipinski definition) is 3. The van der Waals surface area contributed by atoms with Crippen LogP contribution in [-0.2, 0) is 0 Å². The number of nitrogens with one attached hydrogen (secondary N) is 1. The van der Waals surface area contributed by atoms with Crippen molar-refractivity contribution in [3.8, 4) is 5.75 Å². The Morgan fingerprint density at radius 1 is 1.12 bits per heavy atom. The van der Waals surface area contributed by atoms with Crippen LogP contribution in [0.25, 0.3) is 0 Å². The molecule has 0 aliphatic carbocycles. The second-order valence-electron chi connectivity index (χ2n) is 6.77. The topological polar surface area (TPSA) is 58.6 Å². The van der Waals surface area contributed by atoms with Crippen molar-refractivity contribution in [3.63, 3.8) is 0 Å². The van der Waals surface area contributed by atoms with Gasteiger partial charge in [-0.2, -0.15) is 0 Å². The summed E-state index contributed by atoms with van der Waals surface area (Å²) in [4.78, 5) is 27.2. The summed E-state index contributed by atoms with van der Waals surface area (Å²) in [5, 5.41) is 2.84. The molecule has 1 saturated heterocycles. The predicted octanol–water partition coefficient (Wildman–Crippen LogP) is 3.82. The second-order valence-corrected chi connectivity index (χ2v) is 6.77. The van der Waals surface area contributed by atoms with Gasteiger partial charge in [-0.15, -0.1) is 0 Å². The fourth-order valence-electron chi connectivity index (χ4n) is 3.25. The fraction of sp³-hybridized carbons (Fsp3) is 0.333. The highest BCUT2D eigenvalue weighted by atomic mass is 16.5. The minimum Gasteiger partial charge on any atom is -0.497 e. The fourth-order valence-corrected chi connectivity index (χ4v) is 3.25. The lowest BCUT2D eigenvalue weighted by Crippen LogP contribution is -2.39. The average molecular weight is 352 g/mol. The number of methoxy groups -OCH3 is 1. The first-order chi connectivity index (χ1) is 12.6. The number of likely N-dealkylation sites (tertiary alicyclic amines) is 1. The van der Waals surface area contributed by atoms with Gasteiger partial charge in [0.15, 0.2) is 0 Å². The minimum atomic E-state index is -0.250. The summed E-state index contributed by atoms with van der Waals surface area (Å²) in [6, 6.07) is 14.1. The molecule has 1 fully saturated rings. The first-order valence-electron chi connectivity index (χ1n) is 8.91. The minimum absolute atomic E-state index is 0.00687. The second kappa shape index (κ2) is 8.04. The Balaban J connectivity index is 1.73. The van der Waals surface area contributed by atoms with Crippen molar-refractivity contribution in [3.05, 3.63) is 59.7 Å². The first-order valence-corrected chi connectivity index (χ1v) is 8.91. The molecule has 1 heterocycles. The van der Waals surface area contributed by atoms with Crippen LogP contribution in [0.3, 0.4) is 0 Å². The molecule has 3 rings (SSSR count). The van der Waals surface area contributed by atoms with Gasteiger partial charge in [0.1, 0.15) is 5.75 Å². The molecule has 1 unspecified atom stereocenters. The van der Waals surface area contributed by atoms with Crippen LogP contribution in [-0.4, -0.2) is 36.9 Å². The first kappa shape index (κ1) is 18.0. The van der Waals surface area contributed by atoms with Gasteiger partial charge in [0, 0.05) is 36.0 Å². The van der Waals surface area contributed by atoms with Crippen LogP contribution < -0.4 is 10.1 Å². The van der Waals surface area contributed by atoms with Crippen LogP contribution in [0.1, 0.15) is 40.5 Å². The number of ether oxygens (including phenoxy) is 1. The van der Waals surface area contributed by atoms with E-state index in [4.69, 9.17) is 4.74 Å². The van der Waals surface area contributed by atoms with Crippen molar-refractivity contribution in [2.24, 2.45) is 5.92 Å². The molecule has 1 aliphatic rings. The molecule has 0 spiro atoms. The largest absolute Gasteiger partial charge is 0.497 e.